The molecule has 0 aromatic heterocycles. The molecule has 0 bridgehead atoms. The van der Waals surface area contributed by atoms with E-state index in [2.05, 4.69) is 10.3 Å². The number of nitrogens with one attached hydrogen (secondary N) is 1. The molecule has 4 heteroatoms. The highest BCUT2D eigenvalue weighted by Gasteiger charge is 2.21. The fourth-order valence-corrected chi connectivity index (χ4v) is 1.52. The monoisotopic (exact) mass is 233 g/mol. The lowest BCUT2D eigenvalue weighted by Crippen LogP contribution is -2.33. The van der Waals surface area contributed by atoms with Crippen LogP contribution in [0.2, 0.25) is 0 Å². The summed E-state index contributed by atoms with van der Waals surface area (Å²) in [6.45, 7) is 3.18. The van der Waals surface area contributed by atoms with E-state index in [0.717, 1.165) is 5.75 Å². The van der Waals surface area contributed by atoms with Crippen molar-refractivity contribution in [3.8, 4) is 5.75 Å². The summed E-state index contributed by atoms with van der Waals surface area (Å²) in [6.07, 6.45) is 2.41. The zero-order chi connectivity index (χ0) is 12.1. The molecule has 1 aliphatic carbocycles. The van der Waals surface area contributed by atoms with Crippen LogP contribution in [0.25, 0.3) is 0 Å². The highest BCUT2D eigenvalue weighted by molar-refractivity contribution is 5.78. The Bertz CT molecular complexity index is 399. The smallest absolute Gasteiger partial charge is 0.188 e. The number of nitrogens with two attached hydrogens (primary N) is 1. The Morgan fingerprint density at radius 3 is 3.06 bits per heavy atom. The normalized spacial score (nSPS) is 15.7. The van der Waals surface area contributed by atoms with Crippen molar-refractivity contribution in [1.29, 1.82) is 0 Å². The lowest BCUT2D eigenvalue weighted by molar-refractivity contribution is 0.328. The van der Waals surface area contributed by atoms with Gasteiger partial charge in [-0.1, -0.05) is 12.1 Å². The molecule has 0 aliphatic heterocycles. The van der Waals surface area contributed by atoms with Gasteiger partial charge in [0, 0.05) is 6.04 Å². The maximum Gasteiger partial charge on any atom is 0.188 e. The second kappa shape index (κ2) is 5.57. The van der Waals surface area contributed by atoms with Crippen LogP contribution in [0.1, 0.15) is 18.4 Å². The van der Waals surface area contributed by atoms with Crippen molar-refractivity contribution in [2.24, 2.45) is 10.7 Å². The summed E-state index contributed by atoms with van der Waals surface area (Å²) in [5, 5.41) is 3.13. The van der Waals surface area contributed by atoms with Crippen molar-refractivity contribution in [2.45, 2.75) is 25.8 Å². The quantitative estimate of drug-likeness (QED) is 0.459. The third-order valence-electron chi connectivity index (χ3n) is 2.56. The summed E-state index contributed by atoms with van der Waals surface area (Å²) in [4.78, 5) is 4.20. The fourth-order valence-electron chi connectivity index (χ4n) is 1.52. The molecular weight excluding hydrogens is 214 g/mol. The van der Waals surface area contributed by atoms with Gasteiger partial charge in [0.15, 0.2) is 5.96 Å². The van der Waals surface area contributed by atoms with Gasteiger partial charge in [-0.25, -0.2) is 4.99 Å². The van der Waals surface area contributed by atoms with Crippen molar-refractivity contribution in [1.82, 2.24) is 5.32 Å². The average Bonchev–Trinajstić information content (AvgIpc) is 3.08. The Balaban J connectivity index is 1.68. The largest absolute Gasteiger partial charge is 0.492 e. The molecule has 17 heavy (non-hydrogen) atoms. The second-order valence-electron chi connectivity index (χ2n) is 4.35. The SMILES string of the molecule is Cc1cccc(OCCN=C(N)NC2CC2)c1. The van der Waals surface area contributed by atoms with Gasteiger partial charge in [-0.15, -0.1) is 0 Å². The van der Waals surface area contributed by atoms with Crippen LogP contribution in [0, 0.1) is 6.92 Å². The first-order valence-corrected chi connectivity index (χ1v) is 6.00. The molecular formula is C13H19N3O. The van der Waals surface area contributed by atoms with Crippen LogP contribution in [0.4, 0.5) is 0 Å². The molecule has 92 valence electrons. The molecule has 0 unspecified atom stereocenters. The van der Waals surface area contributed by atoms with Gasteiger partial charge in [0.25, 0.3) is 0 Å². The summed E-state index contributed by atoms with van der Waals surface area (Å²) in [5.41, 5.74) is 6.90. The lowest BCUT2D eigenvalue weighted by Gasteiger charge is -2.06. The van der Waals surface area contributed by atoms with Crippen LogP contribution in [-0.2, 0) is 0 Å². The zero-order valence-electron chi connectivity index (χ0n) is 10.1. The van der Waals surface area contributed by atoms with Crippen molar-refractivity contribution < 1.29 is 4.74 Å². The third-order valence-corrected chi connectivity index (χ3v) is 2.56. The van der Waals surface area contributed by atoms with E-state index in [1.165, 1.54) is 18.4 Å². The Morgan fingerprint density at radius 1 is 1.53 bits per heavy atom. The highest BCUT2D eigenvalue weighted by atomic mass is 16.5. The molecule has 2 rings (SSSR count). The van der Waals surface area contributed by atoms with E-state index in [1.807, 2.05) is 31.2 Å². The minimum absolute atomic E-state index is 0.528. The lowest BCUT2D eigenvalue weighted by atomic mass is 10.2. The van der Waals surface area contributed by atoms with Gasteiger partial charge in [-0.3, -0.25) is 0 Å². The molecule has 1 aromatic carbocycles. The number of aryl methyl sites for hydroxylation is 1. The van der Waals surface area contributed by atoms with Gasteiger partial charge in [-0.2, -0.15) is 0 Å². The summed E-state index contributed by atoms with van der Waals surface area (Å²) in [7, 11) is 0. The average molecular weight is 233 g/mol. The Kier molecular flexibility index (Phi) is 3.85. The maximum absolute atomic E-state index is 5.70. The first kappa shape index (κ1) is 11.8. The number of hydrogen-bond donors (Lipinski definition) is 2. The van der Waals surface area contributed by atoms with Gasteiger partial charge in [-0.05, 0) is 37.5 Å². The molecule has 3 N–H and O–H groups in total. The van der Waals surface area contributed by atoms with E-state index in [-0.39, 0.29) is 0 Å². The van der Waals surface area contributed by atoms with Crippen LogP contribution in [0.5, 0.6) is 5.75 Å². The maximum atomic E-state index is 5.70. The summed E-state index contributed by atoms with van der Waals surface area (Å²) >= 11 is 0. The number of ether oxygens (including phenoxy) is 1. The minimum atomic E-state index is 0.528. The zero-order valence-corrected chi connectivity index (χ0v) is 10.1. The second-order valence-corrected chi connectivity index (χ2v) is 4.35. The standard InChI is InChI=1S/C13H19N3O/c1-10-3-2-4-12(9-10)17-8-7-15-13(14)16-11-5-6-11/h2-4,9,11H,5-8H2,1H3,(H3,14,15,16). The summed E-state index contributed by atoms with van der Waals surface area (Å²) in [5.74, 6) is 1.41. The molecule has 0 atom stereocenters. The van der Waals surface area contributed by atoms with Crippen LogP contribution in [0.15, 0.2) is 29.3 Å². The molecule has 0 saturated heterocycles. The first-order chi connectivity index (χ1) is 8.24. The minimum Gasteiger partial charge on any atom is -0.492 e. The fraction of sp³-hybridized carbons (Fsp3) is 0.462. The predicted octanol–water partition coefficient (Wildman–Crippen LogP) is 1.44. The molecule has 1 fully saturated rings. The number of hydrogen-bond acceptors (Lipinski definition) is 2. The number of rotatable bonds is 5. The highest BCUT2D eigenvalue weighted by Crippen LogP contribution is 2.18. The van der Waals surface area contributed by atoms with E-state index < -0.39 is 0 Å². The first-order valence-electron chi connectivity index (χ1n) is 6.00. The number of benzene rings is 1. The van der Waals surface area contributed by atoms with E-state index >= 15 is 0 Å². The Labute approximate surface area is 102 Å². The van der Waals surface area contributed by atoms with Gasteiger partial charge < -0.3 is 15.8 Å². The van der Waals surface area contributed by atoms with E-state index in [0.29, 0.717) is 25.2 Å². The van der Waals surface area contributed by atoms with E-state index in [9.17, 15) is 0 Å². The van der Waals surface area contributed by atoms with Crippen molar-refractivity contribution in [2.75, 3.05) is 13.2 Å². The van der Waals surface area contributed by atoms with Crippen molar-refractivity contribution in [3.63, 3.8) is 0 Å². The van der Waals surface area contributed by atoms with Crippen LogP contribution < -0.4 is 15.8 Å². The Hall–Kier alpha value is -1.71. The molecule has 0 radical (unpaired) electrons. The van der Waals surface area contributed by atoms with Crippen LogP contribution >= 0.6 is 0 Å². The van der Waals surface area contributed by atoms with Gasteiger partial charge in [0.05, 0.1) is 6.54 Å². The molecule has 4 nitrogen and oxygen atoms in total. The molecule has 0 spiro atoms. The van der Waals surface area contributed by atoms with Gasteiger partial charge in [0.2, 0.25) is 0 Å². The number of aliphatic imine (C=N–C) groups is 1. The molecule has 1 saturated carbocycles. The van der Waals surface area contributed by atoms with Gasteiger partial charge >= 0.3 is 0 Å². The third kappa shape index (κ3) is 4.34. The summed E-state index contributed by atoms with van der Waals surface area (Å²) in [6, 6.07) is 8.54. The number of nitrogens with zero attached hydrogens (tertiary/aromatic N) is 1. The van der Waals surface area contributed by atoms with Gasteiger partial charge in [0.1, 0.15) is 12.4 Å². The molecule has 0 heterocycles. The van der Waals surface area contributed by atoms with Crippen molar-refractivity contribution in [3.05, 3.63) is 29.8 Å². The van der Waals surface area contributed by atoms with Crippen LogP contribution in [-0.4, -0.2) is 25.2 Å². The number of guanidine groups is 1. The molecule has 1 aromatic rings. The molecule has 0 amide bonds. The van der Waals surface area contributed by atoms with Crippen LogP contribution in [0.3, 0.4) is 0 Å². The summed E-state index contributed by atoms with van der Waals surface area (Å²) < 4.78 is 5.57. The predicted molar refractivity (Wildman–Crippen MR) is 69.3 cm³/mol. The van der Waals surface area contributed by atoms with Crippen molar-refractivity contribution >= 4 is 5.96 Å². The Morgan fingerprint density at radius 2 is 2.35 bits per heavy atom. The van der Waals surface area contributed by atoms with E-state index in [1.54, 1.807) is 0 Å². The van der Waals surface area contributed by atoms with E-state index in [4.69, 9.17) is 10.5 Å². The topological polar surface area (TPSA) is 59.6 Å². The molecule has 1 aliphatic rings.